The Morgan fingerprint density at radius 2 is 1.88 bits per heavy atom. The Kier molecular flexibility index (Phi) is 3.41. The number of carbonyl (C=O) groups excluding carboxylic acids is 1. The van der Waals surface area contributed by atoms with Crippen LogP contribution in [0.3, 0.4) is 0 Å². The Morgan fingerprint density at radius 3 is 2.62 bits per heavy atom. The maximum atomic E-state index is 12.4. The van der Waals surface area contributed by atoms with E-state index in [2.05, 4.69) is 6.92 Å². The molecule has 3 atom stereocenters. The number of rotatable bonds is 2. The van der Waals surface area contributed by atoms with E-state index in [1.165, 1.54) is 7.11 Å². The van der Waals surface area contributed by atoms with Gasteiger partial charge >= 0.3 is 5.97 Å². The number of fused-ring (bicyclic) bond motifs is 3. The van der Waals surface area contributed by atoms with Crippen molar-refractivity contribution in [1.82, 2.24) is 0 Å². The van der Waals surface area contributed by atoms with E-state index in [0.29, 0.717) is 12.3 Å². The van der Waals surface area contributed by atoms with Gasteiger partial charge in [-0.3, -0.25) is 4.99 Å². The molecule has 4 nitrogen and oxygen atoms in total. The van der Waals surface area contributed by atoms with Gasteiger partial charge < -0.3 is 9.47 Å². The highest BCUT2D eigenvalue weighted by Crippen LogP contribution is 2.53. The first-order chi connectivity index (χ1) is 11.6. The molecule has 2 aromatic rings. The van der Waals surface area contributed by atoms with Crippen LogP contribution in [0.25, 0.3) is 0 Å². The lowest BCUT2D eigenvalue weighted by molar-refractivity contribution is -0.132. The number of esters is 1. The third-order valence-corrected chi connectivity index (χ3v) is 5.18. The lowest BCUT2D eigenvalue weighted by atomic mass is 9.72. The minimum atomic E-state index is -0.487. The highest BCUT2D eigenvalue weighted by molar-refractivity contribution is 6.39. The third kappa shape index (κ3) is 2.06. The summed E-state index contributed by atoms with van der Waals surface area (Å²) in [6, 6.07) is 17.9. The summed E-state index contributed by atoms with van der Waals surface area (Å²) in [4.78, 5) is 17.3. The standard InChI is InChI=1S/C20H19NO3/c1-20-14-10-6-7-11-16(14)24-12-15(20)17(13-8-4-3-5-9-13)18(21-20)19(22)23-2/h3-11,15,17H,12H2,1-2H3/t15-,17?,20-/m1/s1. The molecule has 0 spiro atoms. The molecule has 4 rings (SSSR count). The first-order valence-corrected chi connectivity index (χ1v) is 8.10. The van der Waals surface area contributed by atoms with E-state index in [-0.39, 0.29) is 17.8 Å². The van der Waals surface area contributed by atoms with Gasteiger partial charge in [0, 0.05) is 17.4 Å². The summed E-state index contributed by atoms with van der Waals surface area (Å²) in [5.41, 5.74) is 2.09. The molecule has 0 saturated heterocycles. The van der Waals surface area contributed by atoms with Crippen LogP contribution in [0.4, 0.5) is 0 Å². The topological polar surface area (TPSA) is 47.9 Å². The van der Waals surface area contributed by atoms with Crippen LogP contribution in [0.1, 0.15) is 24.0 Å². The van der Waals surface area contributed by atoms with E-state index >= 15 is 0 Å². The van der Waals surface area contributed by atoms with Crippen LogP contribution in [-0.2, 0) is 15.1 Å². The molecule has 0 amide bonds. The summed E-state index contributed by atoms with van der Waals surface area (Å²) in [7, 11) is 1.40. The van der Waals surface area contributed by atoms with Gasteiger partial charge in [-0.05, 0) is 18.6 Å². The lowest BCUT2D eigenvalue weighted by Crippen LogP contribution is -2.39. The second kappa shape index (κ2) is 5.48. The summed E-state index contributed by atoms with van der Waals surface area (Å²) in [6.45, 7) is 2.61. The monoisotopic (exact) mass is 321 g/mol. The van der Waals surface area contributed by atoms with E-state index in [1.807, 2.05) is 54.6 Å². The van der Waals surface area contributed by atoms with Gasteiger partial charge in [0.25, 0.3) is 0 Å². The van der Waals surface area contributed by atoms with E-state index in [4.69, 9.17) is 14.5 Å². The van der Waals surface area contributed by atoms with Crippen LogP contribution in [0.5, 0.6) is 5.75 Å². The molecule has 0 bridgehead atoms. The molecule has 24 heavy (non-hydrogen) atoms. The lowest BCUT2D eigenvalue weighted by Gasteiger charge is -2.38. The first kappa shape index (κ1) is 14.9. The Bertz CT molecular complexity index is 815. The minimum Gasteiger partial charge on any atom is -0.493 e. The zero-order valence-corrected chi connectivity index (χ0v) is 13.7. The van der Waals surface area contributed by atoms with Crippen molar-refractivity contribution < 1.29 is 14.3 Å². The molecule has 4 heteroatoms. The molecule has 2 heterocycles. The number of ether oxygens (including phenoxy) is 2. The third-order valence-electron chi connectivity index (χ3n) is 5.18. The Balaban J connectivity index is 1.89. The van der Waals surface area contributed by atoms with Crippen LogP contribution in [0.15, 0.2) is 59.6 Å². The average Bonchev–Trinajstić information content (AvgIpc) is 2.95. The van der Waals surface area contributed by atoms with Crippen molar-refractivity contribution in [2.45, 2.75) is 18.4 Å². The highest BCUT2D eigenvalue weighted by Gasteiger charge is 2.54. The fraction of sp³-hybridized carbons (Fsp3) is 0.300. The molecule has 2 aliphatic rings. The molecule has 2 aliphatic heterocycles. The van der Waals surface area contributed by atoms with Gasteiger partial charge in [-0.1, -0.05) is 48.5 Å². The van der Waals surface area contributed by atoms with Crippen LogP contribution < -0.4 is 4.74 Å². The number of methoxy groups -OCH3 is 1. The normalized spacial score (nSPS) is 27.5. The van der Waals surface area contributed by atoms with Gasteiger partial charge in [0.05, 0.1) is 19.3 Å². The first-order valence-electron chi connectivity index (χ1n) is 8.10. The van der Waals surface area contributed by atoms with Crippen LogP contribution in [-0.4, -0.2) is 25.4 Å². The summed E-state index contributed by atoms with van der Waals surface area (Å²) in [5, 5.41) is 0. The Hall–Kier alpha value is -2.62. The molecule has 0 N–H and O–H groups in total. The number of benzene rings is 2. The predicted octanol–water partition coefficient (Wildman–Crippen LogP) is 3.32. The fourth-order valence-corrected chi connectivity index (χ4v) is 3.95. The molecule has 1 unspecified atom stereocenters. The van der Waals surface area contributed by atoms with Crippen molar-refractivity contribution in [2.24, 2.45) is 10.9 Å². The highest BCUT2D eigenvalue weighted by atomic mass is 16.5. The zero-order valence-electron chi connectivity index (χ0n) is 13.7. The molecule has 2 aromatic carbocycles. The smallest absolute Gasteiger partial charge is 0.352 e. The maximum Gasteiger partial charge on any atom is 0.352 e. The van der Waals surface area contributed by atoms with Gasteiger partial charge in [0.1, 0.15) is 11.5 Å². The van der Waals surface area contributed by atoms with Crippen molar-refractivity contribution >= 4 is 11.7 Å². The number of hydrogen-bond acceptors (Lipinski definition) is 4. The van der Waals surface area contributed by atoms with Gasteiger partial charge in [0.2, 0.25) is 0 Å². The van der Waals surface area contributed by atoms with Gasteiger partial charge in [0.15, 0.2) is 0 Å². The van der Waals surface area contributed by atoms with Crippen molar-refractivity contribution in [2.75, 3.05) is 13.7 Å². The van der Waals surface area contributed by atoms with E-state index < -0.39 is 5.54 Å². The van der Waals surface area contributed by atoms with Crippen LogP contribution in [0.2, 0.25) is 0 Å². The average molecular weight is 321 g/mol. The summed E-state index contributed by atoms with van der Waals surface area (Å²) >= 11 is 0. The molecular weight excluding hydrogens is 302 g/mol. The number of carbonyl (C=O) groups is 1. The number of para-hydroxylation sites is 1. The number of nitrogens with zero attached hydrogens (tertiary/aromatic N) is 1. The molecule has 0 saturated carbocycles. The molecule has 0 aromatic heterocycles. The fourth-order valence-electron chi connectivity index (χ4n) is 3.95. The van der Waals surface area contributed by atoms with E-state index in [1.54, 1.807) is 0 Å². The Morgan fingerprint density at radius 1 is 1.17 bits per heavy atom. The van der Waals surface area contributed by atoms with Crippen molar-refractivity contribution in [1.29, 1.82) is 0 Å². The van der Waals surface area contributed by atoms with E-state index in [9.17, 15) is 4.79 Å². The minimum absolute atomic E-state index is 0.0592. The second-order valence-electron chi connectivity index (χ2n) is 6.44. The summed E-state index contributed by atoms with van der Waals surface area (Å²) < 4.78 is 11.0. The predicted molar refractivity (Wildman–Crippen MR) is 91.4 cm³/mol. The second-order valence-corrected chi connectivity index (χ2v) is 6.44. The molecule has 122 valence electrons. The van der Waals surface area contributed by atoms with E-state index in [0.717, 1.165) is 16.9 Å². The maximum absolute atomic E-state index is 12.4. The van der Waals surface area contributed by atoms with Crippen LogP contribution in [0, 0.1) is 5.92 Å². The van der Waals surface area contributed by atoms with Crippen molar-refractivity contribution in [3.63, 3.8) is 0 Å². The summed E-state index contributed by atoms with van der Waals surface area (Å²) in [5.74, 6) is 0.413. The van der Waals surface area contributed by atoms with Gasteiger partial charge in [-0.25, -0.2) is 4.79 Å². The van der Waals surface area contributed by atoms with Gasteiger partial charge in [-0.2, -0.15) is 0 Å². The molecule has 0 fully saturated rings. The number of aliphatic imine (C=N–C) groups is 1. The SMILES string of the molecule is COC(=O)C1=N[C@]2(C)c3ccccc3OC[C@@H]2C1c1ccccc1. The quantitative estimate of drug-likeness (QED) is 0.797. The molecule has 0 aliphatic carbocycles. The number of hydrogen-bond donors (Lipinski definition) is 0. The van der Waals surface area contributed by atoms with Gasteiger partial charge in [-0.15, -0.1) is 0 Å². The van der Waals surface area contributed by atoms with Crippen molar-refractivity contribution in [3.05, 3.63) is 65.7 Å². The molecule has 0 radical (unpaired) electrons. The zero-order chi connectivity index (χ0) is 16.7. The largest absolute Gasteiger partial charge is 0.493 e. The summed E-state index contributed by atoms with van der Waals surface area (Å²) in [6.07, 6.45) is 0. The Labute approximate surface area is 141 Å². The van der Waals surface area contributed by atoms with Crippen molar-refractivity contribution in [3.8, 4) is 5.75 Å². The molecular formula is C20H19NO3. The van der Waals surface area contributed by atoms with Crippen LogP contribution >= 0.6 is 0 Å².